The van der Waals surface area contributed by atoms with Crippen molar-refractivity contribution < 1.29 is 18.3 Å². The summed E-state index contributed by atoms with van der Waals surface area (Å²) in [6.45, 7) is 3.54. The summed E-state index contributed by atoms with van der Waals surface area (Å²) in [4.78, 5) is 22.6. The van der Waals surface area contributed by atoms with Crippen LogP contribution in [0.5, 0.6) is 0 Å². The smallest absolute Gasteiger partial charge is 0.326 e. The van der Waals surface area contributed by atoms with Crippen LogP contribution in [-0.2, 0) is 25.9 Å². The van der Waals surface area contributed by atoms with Crippen LogP contribution >= 0.6 is 11.3 Å². The molecule has 2 atom stereocenters. The number of thiazole rings is 1. The van der Waals surface area contributed by atoms with Gasteiger partial charge < -0.3 is 16.2 Å². The normalized spacial score (nSPS) is 14.2. The molecule has 192 valence electrons. The van der Waals surface area contributed by atoms with E-state index in [1.165, 1.54) is 29.7 Å². The van der Waals surface area contributed by atoms with Crippen LogP contribution in [0.1, 0.15) is 25.1 Å². The summed E-state index contributed by atoms with van der Waals surface area (Å²) >= 11 is 1.50. The summed E-state index contributed by atoms with van der Waals surface area (Å²) in [7, 11) is -4.23. The summed E-state index contributed by atoms with van der Waals surface area (Å²) < 4.78 is 27.8. The van der Waals surface area contributed by atoms with Crippen LogP contribution in [0.4, 0.5) is 5.82 Å². The number of nitrogens with two attached hydrogens (primary N) is 1. The van der Waals surface area contributed by atoms with Crippen LogP contribution < -0.4 is 11.1 Å². The van der Waals surface area contributed by atoms with Crippen molar-refractivity contribution in [2.24, 2.45) is 11.7 Å². The summed E-state index contributed by atoms with van der Waals surface area (Å²) in [5.41, 5.74) is 8.42. The zero-order valence-corrected chi connectivity index (χ0v) is 21.9. The van der Waals surface area contributed by atoms with Crippen LogP contribution in [-0.4, -0.2) is 40.5 Å². The van der Waals surface area contributed by atoms with Crippen molar-refractivity contribution >= 4 is 33.0 Å². The second-order valence-corrected chi connectivity index (χ2v) is 11.9. The molecule has 2 unspecified atom stereocenters. The quantitative estimate of drug-likeness (QED) is 0.273. The van der Waals surface area contributed by atoms with Crippen molar-refractivity contribution in [2.45, 2.75) is 36.2 Å². The molecule has 3 heterocycles. The number of aromatic nitrogens is 3. The van der Waals surface area contributed by atoms with Gasteiger partial charge in [0.25, 0.3) is 0 Å². The van der Waals surface area contributed by atoms with Gasteiger partial charge in [-0.3, -0.25) is 0 Å². The summed E-state index contributed by atoms with van der Waals surface area (Å²) in [5.74, 6) is -1.06. The first-order valence-electron chi connectivity index (χ1n) is 11.5. The molecule has 0 aliphatic carbocycles. The number of nitrogens with zero attached hydrogens (tertiary/aromatic N) is 3. The fraction of sp³-hybridized carbons (Fsp3) is 0.231. The first kappa shape index (κ1) is 26.4. The second kappa shape index (κ2) is 10.8. The van der Waals surface area contributed by atoms with Crippen molar-refractivity contribution in [1.29, 1.82) is 0 Å². The monoisotopic (exact) mass is 537 g/mol. The number of pyridine rings is 2. The van der Waals surface area contributed by atoms with E-state index in [1.807, 2.05) is 29.6 Å². The van der Waals surface area contributed by atoms with Gasteiger partial charge in [-0.2, -0.15) is 0 Å². The number of nitrogens with one attached hydrogen (secondary N) is 1. The largest absolute Gasteiger partial charge is 0.480 e. The molecule has 4 N–H and O–H groups in total. The van der Waals surface area contributed by atoms with Crippen molar-refractivity contribution in [3.63, 3.8) is 0 Å². The molecular formula is C26H27N5O4S2. The minimum Gasteiger partial charge on any atom is -0.480 e. The fourth-order valence-corrected chi connectivity index (χ4v) is 6.09. The van der Waals surface area contributed by atoms with Gasteiger partial charge >= 0.3 is 5.97 Å². The summed E-state index contributed by atoms with van der Waals surface area (Å²) in [6.07, 6.45) is 3.02. The zero-order valence-electron chi connectivity index (χ0n) is 20.3. The van der Waals surface area contributed by atoms with Gasteiger partial charge in [-0.25, -0.2) is 28.2 Å². The van der Waals surface area contributed by atoms with E-state index in [1.54, 1.807) is 44.3 Å². The Hall–Kier alpha value is -3.67. The Labute approximate surface area is 219 Å². The minimum absolute atomic E-state index is 0.0695. The SMILES string of the molecule is CC(C)C(Nc1cccc(C(N)(Cc2ccc(-c3nccs3)cc2)S(=O)(=O)c2ccccn2)n1)C(=O)O. The number of carboxylic acids is 1. The number of sulfone groups is 1. The predicted octanol–water partition coefficient (Wildman–Crippen LogP) is 3.95. The molecule has 0 aliphatic rings. The molecule has 0 radical (unpaired) electrons. The Morgan fingerprint density at radius 3 is 2.41 bits per heavy atom. The average molecular weight is 538 g/mol. The molecule has 9 nitrogen and oxygen atoms in total. The van der Waals surface area contributed by atoms with Crippen molar-refractivity contribution in [1.82, 2.24) is 15.0 Å². The van der Waals surface area contributed by atoms with Crippen molar-refractivity contribution in [3.05, 3.63) is 89.7 Å². The highest BCUT2D eigenvalue weighted by molar-refractivity contribution is 7.92. The van der Waals surface area contributed by atoms with E-state index < -0.39 is 26.7 Å². The topological polar surface area (TPSA) is 148 Å². The highest BCUT2D eigenvalue weighted by Crippen LogP contribution is 2.34. The molecule has 11 heteroatoms. The lowest BCUT2D eigenvalue weighted by Gasteiger charge is -2.29. The lowest BCUT2D eigenvalue weighted by atomic mass is 10.0. The van der Waals surface area contributed by atoms with Gasteiger partial charge in [0.05, 0.1) is 5.69 Å². The molecule has 0 aliphatic heterocycles. The predicted molar refractivity (Wildman–Crippen MR) is 143 cm³/mol. The van der Waals surface area contributed by atoms with Gasteiger partial charge in [0.2, 0.25) is 9.84 Å². The van der Waals surface area contributed by atoms with Crippen molar-refractivity contribution in [2.75, 3.05) is 5.32 Å². The highest BCUT2D eigenvalue weighted by Gasteiger charge is 2.45. The van der Waals surface area contributed by atoms with E-state index in [-0.39, 0.29) is 28.9 Å². The first-order valence-corrected chi connectivity index (χ1v) is 13.9. The van der Waals surface area contributed by atoms with E-state index in [2.05, 4.69) is 20.3 Å². The second-order valence-electron chi connectivity index (χ2n) is 8.88. The third-order valence-corrected chi connectivity index (χ3v) is 8.84. The van der Waals surface area contributed by atoms with E-state index in [4.69, 9.17) is 5.73 Å². The lowest BCUT2D eigenvalue weighted by molar-refractivity contribution is -0.138. The third-order valence-electron chi connectivity index (χ3n) is 5.91. The molecule has 0 saturated carbocycles. The van der Waals surface area contributed by atoms with E-state index in [0.29, 0.717) is 5.56 Å². The number of carbonyl (C=O) groups is 1. The van der Waals surface area contributed by atoms with E-state index in [0.717, 1.165) is 10.6 Å². The number of benzene rings is 1. The van der Waals surface area contributed by atoms with Crippen LogP contribution in [0.2, 0.25) is 0 Å². The minimum atomic E-state index is -4.23. The number of carboxylic acid groups (broad SMARTS) is 1. The molecule has 37 heavy (non-hydrogen) atoms. The molecule has 0 bridgehead atoms. The Morgan fingerprint density at radius 2 is 1.81 bits per heavy atom. The maximum absolute atomic E-state index is 13.9. The Balaban J connectivity index is 1.77. The number of aliphatic carboxylic acids is 1. The lowest BCUT2D eigenvalue weighted by Crippen LogP contribution is -2.48. The molecule has 4 rings (SSSR count). The zero-order chi connectivity index (χ0) is 26.6. The Morgan fingerprint density at radius 1 is 1.05 bits per heavy atom. The third kappa shape index (κ3) is 5.53. The molecule has 1 aromatic carbocycles. The standard InChI is InChI=1S/C26H27N5O4S2/c1-17(2)23(25(32)33)31-21-7-5-6-20(30-21)26(27,37(34,35)22-8-3-4-13-28-22)16-18-9-11-19(12-10-18)24-29-14-15-36-24/h3-15,17,23H,16,27H2,1-2H3,(H,30,31)(H,32,33). The van der Waals surface area contributed by atoms with Gasteiger partial charge in [-0.1, -0.05) is 50.2 Å². The number of anilines is 1. The van der Waals surface area contributed by atoms with Crippen LogP contribution in [0.3, 0.4) is 0 Å². The molecule has 0 fully saturated rings. The van der Waals surface area contributed by atoms with Gasteiger partial charge in [0.15, 0.2) is 9.90 Å². The highest BCUT2D eigenvalue weighted by atomic mass is 32.2. The molecule has 3 aromatic heterocycles. The summed E-state index contributed by atoms with van der Waals surface area (Å²) in [5, 5.41) is 15.0. The van der Waals surface area contributed by atoms with Gasteiger partial charge in [-0.05, 0) is 35.7 Å². The average Bonchev–Trinajstić information content (AvgIpc) is 3.43. The van der Waals surface area contributed by atoms with E-state index >= 15 is 0 Å². The number of hydrogen-bond donors (Lipinski definition) is 3. The molecular weight excluding hydrogens is 510 g/mol. The van der Waals surface area contributed by atoms with Gasteiger partial charge in [0.1, 0.15) is 16.9 Å². The van der Waals surface area contributed by atoms with Crippen LogP contribution in [0, 0.1) is 5.92 Å². The maximum atomic E-state index is 13.9. The van der Waals surface area contributed by atoms with Gasteiger partial charge in [-0.15, -0.1) is 11.3 Å². The molecule has 0 saturated heterocycles. The molecule has 0 amide bonds. The number of hydrogen-bond acceptors (Lipinski definition) is 9. The van der Waals surface area contributed by atoms with Crippen LogP contribution in [0.25, 0.3) is 10.6 Å². The van der Waals surface area contributed by atoms with Crippen LogP contribution in [0.15, 0.2) is 83.5 Å². The fourth-order valence-electron chi connectivity index (χ4n) is 3.87. The van der Waals surface area contributed by atoms with Crippen molar-refractivity contribution in [3.8, 4) is 10.6 Å². The Bertz CT molecular complexity index is 1460. The van der Waals surface area contributed by atoms with E-state index in [9.17, 15) is 18.3 Å². The first-order chi connectivity index (χ1) is 17.6. The number of rotatable bonds is 10. The maximum Gasteiger partial charge on any atom is 0.326 e. The summed E-state index contributed by atoms with van der Waals surface area (Å²) in [6, 6.07) is 15.8. The Kier molecular flexibility index (Phi) is 7.67. The molecule has 0 spiro atoms. The van der Waals surface area contributed by atoms with Gasteiger partial charge in [0, 0.05) is 29.8 Å². The molecule has 4 aromatic rings.